The van der Waals surface area contributed by atoms with Crippen molar-refractivity contribution in [2.75, 3.05) is 20.6 Å². The highest BCUT2D eigenvalue weighted by atomic mass is 32.2. The topological polar surface area (TPSA) is 54.3 Å². The van der Waals surface area contributed by atoms with Gasteiger partial charge in [-0.2, -0.15) is 0 Å². The third kappa shape index (κ3) is 3.95. The predicted octanol–water partition coefficient (Wildman–Crippen LogP) is 1.88. The molecule has 0 aliphatic carbocycles. The zero-order valence-electron chi connectivity index (χ0n) is 13.1. The molecule has 0 spiro atoms. The van der Waals surface area contributed by atoms with Gasteiger partial charge in [-0.3, -0.25) is 4.90 Å². The molecule has 0 aliphatic heterocycles. The average molecular weight is 343 g/mol. The summed E-state index contributed by atoms with van der Waals surface area (Å²) in [5.41, 5.74) is 0.900. The van der Waals surface area contributed by atoms with Crippen LogP contribution in [0.5, 0.6) is 0 Å². The average Bonchev–Trinajstić information content (AvgIpc) is 2.87. The molecule has 1 aromatic heterocycles. The third-order valence-electron chi connectivity index (χ3n) is 3.60. The van der Waals surface area contributed by atoms with Gasteiger partial charge in [0.15, 0.2) is 0 Å². The van der Waals surface area contributed by atoms with E-state index >= 15 is 0 Å². The van der Waals surface area contributed by atoms with Gasteiger partial charge in [-0.05, 0) is 44.4 Å². The summed E-state index contributed by atoms with van der Waals surface area (Å²) in [6.07, 6.45) is 1.85. The van der Waals surface area contributed by atoms with Crippen LogP contribution in [0.2, 0.25) is 0 Å². The third-order valence-corrected chi connectivity index (χ3v) is 5.04. The highest BCUT2D eigenvalue weighted by Crippen LogP contribution is 2.20. The highest BCUT2D eigenvalue weighted by Gasteiger charge is 2.23. The molecule has 1 N–H and O–H groups in total. The van der Waals surface area contributed by atoms with Gasteiger partial charge in [0, 0.05) is 25.5 Å². The standard InChI is InChI=1S/C15H19F2N3O2S/c1-19(2)14(13-5-4-8-20(13)3)10-18-23(21,22)15-9-11(16)6-7-12(15)17/h4-9,14,18H,10H2,1-3H3/t14-/m1/s1. The zero-order valence-corrected chi connectivity index (χ0v) is 13.9. The molecule has 0 saturated carbocycles. The van der Waals surface area contributed by atoms with Gasteiger partial charge in [0.1, 0.15) is 16.5 Å². The molecule has 0 amide bonds. The van der Waals surface area contributed by atoms with E-state index in [1.165, 1.54) is 0 Å². The van der Waals surface area contributed by atoms with Crippen molar-refractivity contribution in [2.24, 2.45) is 7.05 Å². The van der Waals surface area contributed by atoms with Crippen LogP contribution in [0.25, 0.3) is 0 Å². The van der Waals surface area contributed by atoms with E-state index in [4.69, 9.17) is 0 Å². The monoisotopic (exact) mass is 343 g/mol. The summed E-state index contributed by atoms with van der Waals surface area (Å²) in [7, 11) is 1.34. The van der Waals surface area contributed by atoms with E-state index in [2.05, 4.69) is 4.72 Å². The van der Waals surface area contributed by atoms with E-state index < -0.39 is 26.6 Å². The molecule has 5 nitrogen and oxygen atoms in total. The Labute approximate surface area is 134 Å². The Morgan fingerprint density at radius 1 is 1.26 bits per heavy atom. The number of halogens is 2. The second-order valence-electron chi connectivity index (χ2n) is 5.45. The van der Waals surface area contributed by atoms with Gasteiger partial charge in [0.05, 0.1) is 6.04 Å². The maximum atomic E-state index is 13.7. The molecule has 0 bridgehead atoms. The largest absolute Gasteiger partial charge is 0.353 e. The van der Waals surface area contributed by atoms with Crippen molar-refractivity contribution in [3.8, 4) is 0 Å². The normalized spacial score (nSPS) is 13.5. The van der Waals surface area contributed by atoms with Crippen molar-refractivity contribution >= 4 is 10.0 Å². The summed E-state index contributed by atoms with van der Waals surface area (Å²) in [5.74, 6) is -1.79. The molecule has 0 fully saturated rings. The molecular formula is C15H19F2N3O2S. The molecule has 0 unspecified atom stereocenters. The van der Waals surface area contributed by atoms with Gasteiger partial charge < -0.3 is 4.57 Å². The number of rotatable bonds is 6. The van der Waals surface area contributed by atoms with Crippen molar-refractivity contribution < 1.29 is 17.2 Å². The van der Waals surface area contributed by atoms with Crippen molar-refractivity contribution in [2.45, 2.75) is 10.9 Å². The van der Waals surface area contributed by atoms with Crippen molar-refractivity contribution in [3.63, 3.8) is 0 Å². The molecule has 2 aromatic rings. The number of nitrogens with zero attached hydrogens (tertiary/aromatic N) is 2. The van der Waals surface area contributed by atoms with Crippen LogP contribution in [0, 0.1) is 11.6 Å². The number of benzene rings is 1. The van der Waals surface area contributed by atoms with Crippen molar-refractivity contribution in [1.29, 1.82) is 0 Å². The fraction of sp³-hybridized carbons (Fsp3) is 0.333. The van der Waals surface area contributed by atoms with Crippen molar-refractivity contribution in [3.05, 3.63) is 53.9 Å². The second kappa shape index (κ2) is 6.77. The van der Waals surface area contributed by atoms with Gasteiger partial charge in [0.2, 0.25) is 10.0 Å². The SMILES string of the molecule is CN(C)[C@H](CNS(=O)(=O)c1cc(F)ccc1F)c1cccn1C. The molecular weight excluding hydrogens is 324 g/mol. The van der Waals surface area contributed by atoms with E-state index in [1.54, 1.807) is 0 Å². The van der Waals surface area contributed by atoms with E-state index in [0.717, 1.165) is 17.8 Å². The summed E-state index contributed by atoms with van der Waals surface area (Å²) in [6, 6.07) is 5.83. The van der Waals surface area contributed by atoms with Crippen LogP contribution < -0.4 is 4.72 Å². The minimum absolute atomic E-state index is 0.0309. The van der Waals surface area contributed by atoms with Crippen LogP contribution >= 0.6 is 0 Å². The van der Waals surface area contributed by atoms with Crippen LogP contribution in [0.3, 0.4) is 0 Å². The Morgan fingerprint density at radius 2 is 1.96 bits per heavy atom. The molecule has 8 heteroatoms. The van der Waals surface area contributed by atoms with E-state index in [1.807, 2.05) is 48.9 Å². The first-order chi connectivity index (χ1) is 10.7. The highest BCUT2D eigenvalue weighted by molar-refractivity contribution is 7.89. The minimum Gasteiger partial charge on any atom is -0.353 e. The molecule has 23 heavy (non-hydrogen) atoms. The molecule has 1 atom stereocenters. The van der Waals surface area contributed by atoms with Crippen molar-refractivity contribution in [1.82, 2.24) is 14.2 Å². The zero-order chi connectivity index (χ0) is 17.2. The lowest BCUT2D eigenvalue weighted by Crippen LogP contribution is -2.35. The number of hydrogen-bond acceptors (Lipinski definition) is 3. The number of aromatic nitrogens is 1. The van der Waals surface area contributed by atoms with Gasteiger partial charge >= 0.3 is 0 Å². The lowest BCUT2D eigenvalue weighted by molar-refractivity contribution is 0.289. The quantitative estimate of drug-likeness (QED) is 0.871. The first kappa shape index (κ1) is 17.6. The molecule has 1 aromatic carbocycles. The lowest BCUT2D eigenvalue weighted by Gasteiger charge is -2.25. The second-order valence-corrected chi connectivity index (χ2v) is 7.19. The van der Waals surface area contributed by atoms with E-state index in [0.29, 0.717) is 6.07 Å². The van der Waals surface area contributed by atoms with E-state index in [9.17, 15) is 17.2 Å². The molecule has 2 rings (SSSR count). The smallest absolute Gasteiger partial charge is 0.243 e. The fourth-order valence-corrected chi connectivity index (χ4v) is 3.45. The summed E-state index contributed by atoms with van der Waals surface area (Å²) in [6.45, 7) is 0.0309. The Hall–Kier alpha value is -1.77. The number of sulfonamides is 1. The lowest BCUT2D eigenvalue weighted by atomic mass is 10.2. The number of likely N-dealkylation sites (N-methyl/N-ethyl adjacent to an activating group) is 1. The molecule has 0 radical (unpaired) electrons. The van der Waals surface area contributed by atoms with Crippen LogP contribution in [0.15, 0.2) is 41.4 Å². The Balaban J connectivity index is 2.23. The Kier molecular flexibility index (Phi) is 5.18. The van der Waals surface area contributed by atoms with Crippen LogP contribution in [-0.4, -0.2) is 38.5 Å². The summed E-state index contributed by atoms with van der Waals surface area (Å²) < 4.78 is 55.6. The molecule has 0 aliphatic rings. The summed E-state index contributed by atoms with van der Waals surface area (Å²) in [4.78, 5) is 1.15. The maximum absolute atomic E-state index is 13.7. The minimum atomic E-state index is -4.15. The summed E-state index contributed by atoms with van der Waals surface area (Å²) in [5, 5.41) is 0. The number of hydrogen-bond donors (Lipinski definition) is 1. The van der Waals surface area contributed by atoms with Gasteiger partial charge in [-0.1, -0.05) is 0 Å². The first-order valence-corrected chi connectivity index (χ1v) is 8.43. The first-order valence-electron chi connectivity index (χ1n) is 6.95. The Morgan fingerprint density at radius 3 is 2.52 bits per heavy atom. The number of nitrogens with one attached hydrogen (secondary N) is 1. The van der Waals surface area contributed by atoms with Crippen LogP contribution in [0.4, 0.5) is 8.78 Å². The molecule has 0 saturated heterocycles. The van der Waals surface area contributed by atoms with Gasteiger partial charge in [-0.25, -0.2) is 21.9 Å². The maximum Gasteiger partial charge on any atom is 0.243 e. The van der Waals surface area contributed by atoms with Crippen LogP contribution in [0.1, 0.15) is 11.7 Å². The molecule has 1 heterocycles. The van der Waals surface area contributed by atoms with Gasteiger partial charge in [0.25, 0.3) is 0 Å². The number of aryl methyl sites for hydroxylation is 1. The fourth-order valence-electron chi connectivity index (χ4n) is 2.32. The van der Waals surface area contributed by atoms with Gasteiger partial charge in [-0.15, -0.1) is 0 Å². The van der Waals surface area contributed by atoms with Crippen LogP contribution in [-0.2, 0) is 17.1 Å². The summed E-state index contributed by atoms with van der Waals surface area (Å²) >= 11 is 0. The Bertz CT molecular complexity index is 788. The van der Waals surface area contributed by atoms with E-state index in [-0.39, 0.29) is 12.6 Å². The molecule has 126 valence electrons. The predicted molar refractivity (Wildman–Crippen MR) is 83.4 cm³/mol.